The minimum Gasteiger partial charge on any atom is -0.329 e. The zero-order valence-corrected chi connectivity index (χ0v) is 13.2. The maximum atomic E-state index is 12.5. The molecule has 0 unspecified atom stereocenters. The van der Waals surface area contributed by atoms with E-state index >= 15 is 0 Å². The molecule has 2 aromatic carbocycles. The monoisotopic (exact) mass is 369 g/mol. The molecular formula is C15H10F3N3O3S. The van der Waals surface area contributed by atoms with E-state index in [-0.39, 0.29) is 16.3 Å². The van der Waals surface area contributed by atoms with E-state index in [1.165, 1.54) is 18.2 Å². The number of sulfonamides is 1. The number of benzene rings is 2. The Hall–Kier alpha value is -2.88. The van der Waals surface area contributed by atoms with Crippen molar-refractivity contribution < 1.29 is 26.1 Å². The van der Waals surface area contributed by atoms with Crippen molar-refractivity contribution in [3.05, 3.63) is 60.5 Å². The SMILES string of the molecule is O=S(=O)(Nc1ccccc1)c1cccc(-c2noc(C(F)(F)F)n2)c1. The zero-order valence-electron chi connectivity index (χ0n) is 12.4. The largest absolute Gasteiger partial charge is 0.471 e. The van der Waals surface area contributed by atoms with Crippen molar-refractivity contribution in [1.29, 1.82) is 0 Å². The molecule has 0 saturated carbocycles. The van der Waals surface area contributed by atoms with Gasteiger partial charge in [0.2, 0.25) is 5.82 Å². The second kappa shape index (κ2) is 6.20. The maximum absolute atomic E-state index is 12.5. The molecule has 0 aliphatic rings. The molecule has 3 aromatic rings. The van der Waals surface area contributed by atoms with Crippen LogP contribution in [0.25, 0.3) is 11.4 Å². The highest BCUT2D eigenvalue weighted by atomic mass is 32.2. The first-order chi connectivity index (χ1) is 11.8. The average molecular weight is 369 g/mol. The lowest BCUT2D eigenvalue weighted by Crippen LogP contribution is -2.12. The van der Waals surface area contributed by atoms with Gasteiger partial charge < -0.3 is 4.52 Å². The molecule has 0 aliphatic carbocycles. The molecule has 1 heterocycles. The fourth-order valence-corrected chi connectivity index (χ4v) is 3.08. The highest BCUT2D eigenvalue weighted by Gasteiger charge is 2.38. The minimum atomic E-state index is -4.77. The number of aromatic nitrogens is 2. The van der Waals surface area contributed by atoms with Crippen molar-refractivity contribution in [2.45, 2.75) is 11.1 Å². The number of rotatable bonds is 4. The first kappa shape index (κ1) is 17.0. The quantitative estimate of drug-likeness (QED) is 0.760. The lowest BCUT2D eigenvalue weighted by atomic mass is 10.2. The summed E-state index contributed by atoms with van der Waals surface area (Å²) in [7, 11) is -3.92. The van der Waals surface area contributed by atoms with Gasteiger partial charge in [-0.25, -0.2) is 8.42 Å². The van der Waals surface area contributed by atoms with Crippen LogP contribution in [0.3, 0.4) is 0 Å². The van der Waals surface area contributed by atoms with Gasteiger partial charge in [-0.2, -0.15) is 18.2 Å². The van der Waals surface area contributed by atoms with Crippen LogP contribution in [0.5, 0.6) is 0 Å². The molecule has 25 heavy (non-hydrogen) atoms. The van der Waals surface area contributed by atoms with Gasteiger partial charge in [-0.1, -0.05) is 35.5 Å². The Morgan fingerprint density at radius 2 is 1.72 bits per heavy atom. The molecule has 1 N–H and O–H groups in total. The van der Waals surface area contributed by atoms with E-state index in [0.29, 0.717) is 5.69 Å². The number of hydrogen-bond donors (Lipinski definition) is 1. The van der Waals surface area contributed by atoms with Gasteiger partial charge in [-0.05, 0) is 24.3 Å². The summed E-state index contributed by atoms with van der Waals surface area (Å²) in [4.78, 5) is 3.09. The molecule has 1 aromatic heterocycles. The summed E-state index contributed by atoms with van der Waals surface area (Å²) >= 11 is 0. The maximum Gasteiger partial charge on any atom is 0.471 e. The molecule has 0 radical (unpaired) electrons. The summed E-state index contributed by atoms with van der Waals surface area (Å²) in [5, 5.41) is 3.24. The molecule has 3 rings (SSSR count). The molecule has 0 atom stereocenters. The van der Waals surface area contributed by atoms with Gasteiger partial charge in [-0.3, -0.25) is 4.72 Å². The number of halogens is 3. The number of hydrogen-bond acceptors (Lipinski definition) is 5. The standard InChI is InChI=1S/C15H10F3N3O3S/c16-15(17,18)14-19-13(20-24-14)10-5-4-8-12(9-10)25(22,23)21-11-6-2-1-3-7-11/h1-9,21H. The van der Waals surface area contributed by atoms with E-state index in [1.54, 1.807) is 30.3 Å². The van der Waals surface area contributed by atoms with E-state index < -0.39 is 22.1 Å². The predicted molar refractivity (Wildman–Crippen MR) is 82.0 cm³/mol. The Morgan fingerprint density at radius 1 is 1.00 bits per heavy atom. The third-order valence-corrected chi connectivity index (χ3v) is 4.48. The second-order valence-corrected chi connectivity index (χ2v) is 6.60. The average Bonchev–Trinajstić information content (AvgIpc) is 3.06. The zero-order chi connectivity index (χ0) is 18.1. The number of para-hydroxylation sites is 1. The summed E-state index contributed by atoms with van der Waals surface area (Å²) in [6.45, 7) is 0. The van der Waals surface area contributed by atoms with Gasteiger partial charge in [0.1, 0.15) is 0 Å². The molecule has 130 valence electrons. The van der Waals surface area contributed by atoms with Gasteiger partial charge >= 0.3 is 12.1 Å². The van der Waals surface area contributed by atoms with Crippen LogP contribution >= 0.6 is 0 Å². The molecule has 6 nitrogen and oxygen atoms in total. The lowest BCUT2D eigenvalue weighted by molar-refractivity contribution is -0.159. The summed E-state index contributed by atoms with van der Waals surface area (Å²) in [5.74, 6) is -1.86. The molecule has 0 spiro atoms. The number of anilines is 1. The van der Waals surface area contributed by atoms with Crippen LogP contribution in [0.1, 0.15) is 5.89 Å². The predicted octanol–water partition coefficient (Wildman–Crippen LogP) is 3.56. The van der Waals surface area contributed by atoms with Crippen LogP contribution in [0.15, 0.2) is 64.0 Å². The van der Waals surface area contributed by atoms with Crippen molar-refractivity contribution in [2.75, 3.05) is 4.72 Å². The summed E-state index contributed by atoms with van der Waals surface area (Å²) in [6, 6.07) is 13.4. The Labute approximate surface area is 140 Å². The fraction of sp³-hybridized carbons (Fsp3) is 0.0667. The van der Waals surface area contributed by atoms with Crippen LogP contribution in [0.2, 0.25) is 0 Å². The van der Waals surface area contributed by atoms with Crippen LogP contribution < -0.4 is 4.72 Å². The summed E-state index contributed by atoms with van der Waals surface area (Å²) < 4.78 is 68.9. The van der Waals surface area contributed by atoms with E-state index in [4.69, 9.17) is 0 Å². The van der Waals surface area contributed by atoms with Crippen LogP contribution in [-0.4, -0.2) is 18.6 Å². The van der Waals surface area contributed by atoms with Gasteiger partial charge in [0.25, 0.3) is 10.0 Å². The number of nitrogens with one attached hydrogen (secondary N) is 1. The number of nitrogens with zero attached hydrogens (tertiary/aromatic N) is 2. The fourth-order valence-electron chi connectivity index (χ4n) is 1.98. The summed E-state index contributed by atoms with van der Waals surface area (Å²) in [6.07, 6.45) is -4.77. The van der Waals surface area contributed by atoms with Gasteiger partial charge in [0.05, 0.1) is 4.90 Å². The van der Waals surface area contributed by atoms with E-state index in [1.807, 2.05) is 0 Å². The van der Waals surface area contributed by atoms with Crippen molar-refractivity contribution in [1.82, 2.24) is 10.1 Å². The van der Waals surface area contributed by atoms with E-state index in [2.05, 4.69) is 19.4 Å². The first-order valence-corrected chi connectivity index (χ1v) is 8.33. The Balaban J connectivity index is 1.92. The molecule has 0 saturated heterocycles. The van der Waals surface area contributed by atoms with E-state index in [9.17, 15) is 21.6 Å². The minimum absolute atomic E-state index is 0.0789. The van der Waals surface area contributed by atoms with Crippen LogP contribution in [0, 0.1) is 0 Å². The molecule has 0 bridgehead atoms. The third kappa shape index (κ3) is 3.79. The molecular weight excluding hydrogens is 359 g/mol. The van der Waals surface area contributed by atoms with Gasteiger partial charge in [0.15, 0.2) is 0 Å². The summed E-state index contributed by atoms with van der Waals surface area (Å²) in [5.41, 5.74) is 0.432. The van der Waals surface area contributed by atoms with Crippen molar-refractivity contribution in [3.63, 3.8) is 0 Å². The molecule has 0 fully saturated rings. The highest BCUT2D eigenvalue weighted by Crippen LogP contribution is 2.30. The molecule has 0 amide bonds. The topological polar surface area (TPSA) is 85.1 Å². The van der Waals surface area contributed by atoms with Crippen LogP contribution in [0.4, 0.5) is 18.9 Å². The van der Waals surface area contributed by atoms with Gasteiger partial charge in [0, 0.05) is 11.3 Å². The Kier molecular flexibility index (Phi) is 4.21. The van der Waals surface area contributed by atoms with Crippen molar-refractivity contribution in [3.8, 4) is 11.4 Å². The normalized spacial score (nSPS) is 12.1. The highest BCUT2D eigenvalue weighted by molar-refractivity contribution is 7.92. The first-order valence-electron chi connectivity index (χ1n) is 6.85. The molecule has 10 heteroatoms. The lowest BCUT2D eigenvalue weighted by Gasteiger charge is -2.08. The number of alkyl halides is 3. The van der Waals surface area contributed by atoms with Gasteiger partial charge in [-0.15, -0.1) is 0 Å². The Bertz CT molecular complexity index is 986. The Morgan fingerprint density at radius 3 is 2.36 bits per heavy atom. The van der Waals surface area contributed by atoms with Crippen LogP contribution in [-0.2, 0) is 16.2 Å². The third-order valence-electron chi connectivity index (χ3n) is 3.10. The van der Waals surface area contributed by atoms with Crippen molar-refractivity contribution >= 4 is 15.7 Å². The smallest absolute Gasteiger partial charge is 0.329 e. The molecule has 0 aliphatic heterocycles. The van der Waals surface area contributed by atoms with Crippen molar-refractivity contribution in [2.24, 2.45) is 0 Å². The second-order valence-electron chi connectivity index (χ2n) is 4.92. The van der Waals surface area contributed by atoms with E-state index in [0.717, 1.165) is 6.07 Å².